The molecule has 0 saturated heterocycles. The second kappa shape index (κ2) is 7.40. The number of anilines is 4. The largest absolute Gasteiger partial charge is 0.497 e. The molecule has 0 aliphatic carbocycles. The highest BCUT2D eigenvalue weighted by Crippen LogP contribution is 2.25. The van der Waals surface area contributed by atoms with Crippen LogP contribution in [0.1, 0.15) is 11.4 Å². The number of nitrogens with zero attached hydrogens (tertiary/aromatic N) is 2. The van der Waals surface area contributed by atoms with E-state index in [1.165, 1.54) is 0 Å². The molecule has 1 heterocycles. The number of nitrogens with one attached hydrogen (secondary N) is 2. The molecule has 0 atom stereocenters. The van der Waals surface area contributed by atoms with Crippen molar-refractivity contribution in [2.45, 2.75) is 13.8 Å². The molecule has 0 amide bonds. The van der Waals surface area contributed by atoms with Gasteiger partial charge in [0.15, 0.2) is 0 Å². The minimum Gasteiger partial charge on any atom is -0.497 e. The molecule has 2 N–H and O–H groups in total. The van der Waals surface area contributed by atoms with E-state index in [1.807, 2.05) is 62.4 Å². The number of rotatable bonds is 5. The summed E-state index contributed by atoms with van der Waals surface area (Å²) in [5, 5.41) is 7.30. The molecule has 0 radical (unpaired) electrons. The van der Waals surface area contributed by atoms with Crippen LogP contribution in [-0.2, 0) is 0 Å². The van der Waals surface area contributed by atoms with Gasteiger partial charge in [-0.2, -0.15) is 0 Å². The van der Waals surface area contributed by atoms with Crippen LogP contribution in [-0.4, -0.2) is 17.1 Å². The number of benzene rings is 2. The lowest BCUT2D eigenvalue weighted by molar-refractivity contribution is 0.415. The Bertz CT molecular complexity index is 898. The molecule has 0 aliphatic rings. The fourth-order valence-corrected chi connectivity index (χ4v) is 2.68. The average Bonchev–Trinajstić information content (AvgIpc) is 2.57. The van der Waals surface area contributed by atoms with Crippen molar-refractivity contribution in [3.63, 3.8) is 0 Å². The van der Waals surface area contributed by atoms with E-state index in [2.05, 4.69) is 20.6 Å². The summed E-state index contributed by atoms with van der Waals surface area (Å²) < 4.78 is 5.25. The van der Waals surface area contributed by atoms with Crippen molar-refractivity contribution in [3.05, 3.63) is 64.9 Å². The van der Waals surface area contributed by atoms with Crippen LogP contribution in [0.25, 0.3) is 0 Å². The summed E-state index contributed by atoms with van der Waals surface area (Å²) in [7, 11) is 1.64. The number of halogens is 1. The maximum atomic E-state index is 6.01. The number of aromatic nitrogens is 2. The second-order valence-corrected chi connectivity index (χ2v) is 6.06. The second-order valence-electron chi connectivity index (χ2n) is 5.63. The number of hydrogen-bond donors (Lipinski definition) is 2. The van der Waals surface area contributed by atoms with Crippen LogP contribution < -0.4 is 15.4 Å². The van der Waals surface area contributed by atoms with E-state index in [4.69, 9.17) is 16.3 Å². The highest BCUT2D eigenvalue weighted by Gasteiger charge is 2.06. The van der Waals surface area contributed by atoms with E-state index < -0.39 is 0 Å². The van der Waals surface area contributed by atoms with Crippen LogP contribution in [0.15, 0.2) is 48.5 Å². The smallest absolute Gasteiger partial charge is 0.136 e. The molecule has 6 heteroatoms. The van der Waals surface area contributed by atoms with Crippen molar-refractivity contribution >= 4 is 34.6 Å². The zero-order valence-corrected chi connectivity index (χ0v) is 15.1. The summed E-state index contributed by atoms with van der Waals surface area (Å²) in [6, 6.07) is 15.2. The summed E-state index contributed by atoms with van der Waals surface area (Å²) in [5.74, 6) is 2.87. The topological polar surface area (TPSA) is 59.1 Å². The van der Waals surface area contributed by atoms with Crippen LogP contribution in [0.5, 0.6) is 5.75 Å². The zero-order chi connectivity index (χ0) is 17.8. The highest BCUT2D eigenvalue weighted by atomic mass is 35.5. The Kier molecular flexibility index (Phi) is 5.05. The number of aryl methyl sites for hydroxylation is 2. The Labute approximate surface area is 152 Å². The van der Waals surface area contributed by atoms with Gasteiger partial charge in [0.25, 0.3) is 0 Å². The minimum absolute atomic E-state index is 0.669. The van der Waals surface area contributed by atoms with Gasteiger partial charge in [0.2, 0.25) is 0 Å². The van der Waals surface area contributed by atoms with Gasteiger partial charge in [-0.15, -0.1) is 0 Å². The first kappa shape index (κ1) is 17.0. The molecule has 0 aliphatic heterocycles. The third-order valence-corrected chi connectivity index (χ3v) is 3.87. The normalized spacial score (nSPS) is 10.4. The van der Waals surface area contributed by atoms with Crippen molar-refractivity contribution in [2.75, 3.05) is 17.7 Å². The molecule has 128 valence electrons. The van der Waals surface area contributed by atoms with Crippen molar-refractivity contribution in [1.82, 2.24) is 9.97 Å². The molecule has 5 nitrogen and oxygen atoms in total. The predicted octanol–water partition coefficient (Wildman–Crippen LogP) is 5.24. The van der Waals surface area contributed by atoms with Gasteiger partial charge >= 0.3 is 0 Å². The molecular weight excluding hydrogens is 336 g/mol. The number of ether oxygens (including phenoxy) is 1. The minimum atomic E-state index is 0.669. The van der Waals surface area contributed by atoms with Crippen molar-refractivity contribution in [1.29, 1.82) is 0 Å². The Balaban J connectivity index is 1.84. The Morgan fingerprint density at radius 3 is 2.40 bits per heavy atom. The summed E-state index contributed by atoms with van der Waals surface area (Å²) in [6.07, 6.45) is 0. The van der Waals surface area contributed by atoms with Gasteiger partial charge in [0, 0.05) is 28.5 Å². The molecular formula is C19H19ClN4O. The van der Waals surface area contributed by atoms with Crippen LogP contribution in [0.3, 0.4) is 0 Å². The summed E-state index contributed by atoms with van der Waals surface area (Å²) >= 11 is 6.01. The third-order valence-electron chi connectivity index (χ3n) is 3.63. The standard InChI is InChI=1S/C19H19ClN4O/c1-12-9-14(20)7-8-17(12)24-19-11-18(21-13(2)22-19)23-15-5-4-6-16(10-15)25-3/h4-11H,1-3H3,(H2,21,22,23,24). The predicted molar refractivity (Wildman–Crippen MR) is 103 cm³/mol. The first-order valence-corrected chi connectivity index (χ1v) is 8.21. The van der Waals surface area contributed by atoms with E-state index in [-0.39, 0.29) is 0 Å². The molecule has 3 aromatic rings. The van der Waals surface area contributed by atoms with Gasteiger partial charge < -0.3 is 15.4 Å². The molecule has 2 aromatic carbocycles. The van der Waals surface area contributed by atoms with Crippen LogP contribution in [0.2, 0.25) is 5.02 Å². The Morgan fingerprint density at radius 2 is 1.68 bits per heavy atom. The van der Waals surface area contributed by atoms with E-state index >= 15 is 0 Å². The maximum absolute atomic E-state index is 6.01. The highest BCUT2D eigenvalue weighted by molar-refractivity contribution is 6.30. The van der Waals surface area contributed by atoms with E-state index in [9.17, 15) is 0 Å². The van der Waals surface area contributed by atoms with Crippen molar-refractivity contribution in [2.24, 2.45) is 0 Å². The van der Waals surface area contributed by atoms with E-state index in [0.29, 0.717) is 22.5 Å². The quantitative estimate of drug-likeness (QED) is 0.656. The first-order chi connectivity index (χ1) is 12.0. The van der Waals surface area contributed by atoms with Crippen LogP contribution >= 0.6 is 11.6 Å². The molecule has 0 fully saturated rings. The molecule has 1 aromatic heterocycles. The molecule has 0 spiro atoms. The zero-order valence-electron chi connectivity index (χ0n) is 14.3. The van der Waals surface area contributed by atoms with E-state index in [1.54, 1.807) is 7.11 Å². The molecule has 3 rings (SSSR count). The van der Waals surface area contributed by atoms with E-state index in [0.717, 1.165) is 22.7 Å². The lowest BCUT2D eigenvalue weighted by atomic mass is 10.2. The molecule has 0 unspecified atom stereocenters. The fourth-order valence-electron chi connectivity index (χ4n) is 2.45. The molecule has 25 heavy (non-hydrogen) atoms. The number of hydrogen-bond acceptors (Lipinski definition) is 5. The fraction of sp³-hybridized carbons (Fsp3) is 0.158. The van der Waals surface area contributed by atoms with Gasteiger partial charge in [-0.05, 0) is 49.7 Å². The summed E-state index contributed by atoms with van der Waals surface area (Å²) in [6.45, 7) is 3.86. The Hall–Kier alpha value is -2.79. The van der Waals surface area contributed by atoms with Gasteiger partial charge in [-0.1, -0.05) is 17.7 Å². The monoisotopic (exact) mass is 354 g/mol. The maximum Gasteiger partial charge on any atom is 0.136 e. The molecule has 0 saturated carbocycles. The average molecular weight is 355 g/mol. The lowest BCUT2D eigenvalue weighted by Crippen LogP contribution is -2.02. The van der Waals surface area contributed by atoms with Crippen LogP contribution in [0, 0.1) is 13.8 Å². The van der Waals surface area contributed by atoms with Gasteiger partial charge in [-0.3, -0.25) is 0 Å². The van der Waals surface area contributed by atoms with Crippen molar-refractivity contribution < 1.29 is 4.74 Å². The van der Waals surface area contributed by atoms with Crippen molar-refractivity contribution in [3.8, 4) is 5.75 Å². The molecule has 0 bridgehead atoms. The first-order valence-electron chi connectivity index (χ1n) is 7.83. The number of methoxy groups -OCH3 is 1. The third kappa shape index (κ3) is 4.39. The van der Waals surface area contributed by atoms with Gasteiger partial charge in [0.1, 0.15) is 23.2 Å². The SMILES string of the molecule is COc1cccc(Nc2cc(Nc3ccc(Cl)cc3C)nc(C)n2)c1. The lowest BCUT2D eigenvalue weighted by Gasteiger charge is -2.12. The summed E-state index contributed by atoms with van der Waals surface area (Å²) in [5.41, 5.74) is 2.90. The Morgan fingerprint density at radius 1 is 0.920 bits per heavy atom. The van der Waals surface area contributed by atoms with Crippen LogP contribution in [0.4, 0.5) is 23.0 Å². The van der Waals surface area contributed by atoms with Gasteiger partial charge in [-0.25, -0.2) is 9.97 Å². The summed E-state index contributed by atoms with van der Waals surface area (Å²) in [4.78, 5) is 8.89. The van der Waals surface area contributed by atoms with Gasteiger partial charge in [0.05, 0.1) is 7.11 Å².